The molecule has 1 aliphatic rings. The maximum absolute atomic E-state index is 12.5. The van der Waals surface area contributed by atoms with Crippen molar-refractivity contribution in [1.29, 1.82) is 5.26 Å². The molecule has 1 atom stereocenters. The lowest BCUT2D eigenvalue weighted by molar-refractivity contribution is -0.154. The third-order valence-corrected chi connectivity index (χ3v) is 5.99. The van der Waals surface area contributed by atoms with Gasteiger partial charge in [0.2, 0.25) is 5.88 Å². The minimum atomic E-state index is -4.51. The second kappa shape index (κ2) is 9.99. The van der Waals surface area contributed by atoms with Crippen molar-refractivity contribution >= 4 is 28.2 Å². The second-order valence-electron chi connectivity index (χ2n) is 7.21. The lowest BCUT2D eigenvalue weighted by atomic mass is 10.1. The van der Waals surface area contributed by atoms with E-state index < -0.39 is 30.8 Å². The Morgan fingerprint density at radius 3 is 2.69 bits per heavy atom. The molecule has 1 N–H and O–H groups in total. The fourth-order valence-corrected chi connectivity index (χ4v) is 4.43. The van der Waals surface area contributed by atoms with Crippen LogP contribution in [0.3, 0.4) is 0 Å². The van der Waals surface area contributed by atoms with Gasteiger partial charge in [-0.15, -0.1) is 11.3 Å². The van der Waals surface area contributed by atoms with Crippen LogP contribution in [0.4, 0.5) is 18.2 Å². The predicted octanol–water partition coefficient (Wildman–Crippen LogP) is 4.41. The molecule has 0 fully saturated rings. The van der Waals surface area contributed by atoms with Crippen LogP contribution in [-0.4, -0.2) is 35.7 Å². The summed E-state index contributed by atoms with van der Waals surface area (Å²) in [5.74, 6) is -1.76. The number of nitrogens with zero attached hydrogens (tertiary/aromatic N) is 2. The summed E-state index contributed by atoms with van der Waals surface area (Å²) < 4.78 is 46.1. The minimum Gasteiger partial charge on any atom is -0.468 e. The Labute approximate surface area is 186 Å². The molecular formula is C21H20F3N3O4S. The van der Waals surface area contributed by atoms with Gasteiger partial charge >= 0.3 is 12.1 Å². The third kappa shape index (κ3) is 5.97. The van der Waals surface area contributed by atoms with E-state index in [2.05, 4.69) is 21.1 Å². The Morgan fingerprint density at radius 1 is 1.28 bits per heavy atom. The van der Waals surface area contributed by atoms with Crippen LogP contribution in [0.15, 0.2) is 18.3 Å². The normalized spacial score (nSPS) is 14.5. The Bertz CT molecular complexity index is 1030. The summed E-state index contributed by atoms with van der Waals surface area (Å²) in [5.41, 5.74) is 1.39. The number of hydrogen-bond acceptors (Lipinski definition) is 7. The molecule has 0 bridgehead atoms. The van der Waals surface area contributed by atoms with Crippen LogP contribution in [0.25, 0.3) is 0 Å². The number of hydrogen-bond donors (Lipinski definition) is 1. The number of anilines is 1. The maximum atomic E-state index is 12.5. The van der Waals surface area contributed by atoms with Crippen LogP contribution in [0.5, 0.6) is 5.88 Å². The quantitative estimate of drug-likeness (QED) is 0.499. The molecule has 0 saturated heterocycles. The number of amides is 1. The van der Waals surface area contributed by atoms with Gasteiger partial charge < -0.3 is 14.8 Å². The molecule has 1 unspecified atom stereocenters. The first kappa shape index (κ1) is 23.5. The number of esters is 1. The zero-order chi connectivity index (χ0) is 23.3. The Balaban J connectivity index is 1.60. The van der Waals surface area contributed by atoms with Gasteiger partial charge in [-0.3, -0.25) is 4.79 Å². The number of fused-ring (bicyclic) bond motifs is 1. The highest BCUT2D eigenvalue weighted by Crippen LogP contribution is 2.37. The molecule has 0 aliphatic heterocycles. The standard InChI is InChI=1S/C21H20F3N3O4S/c1-12(31-20(29)13-7-8-17(26-10-13)30-11-21(22,23)24)18(28)27-19-15(9-25)14-5-3-2-4-6-16(14)32-19/h7-8,10,12H,2-6,11H2,1H3,(H,27,28). The number of pyridine rings is 1. The van der Waals surface area contributed by atoms with E-state index in [-0.39, 0.29) is 11.4 Å². The fourth-order valence-electron chi connectivity index (χ4n) is 3.19. The zero-order valence-electron chi connectivity index (χ0n) is 17.1. The van der Waals surface area contributed by atoms with Crippen molar-refractivity contribution in [2.75, 3.05) is 11.9 Å². The number of nitriles is 1. The number of rotatable bonds is 6. The largest absolute Gasteiger partial charge is 0.468 e. The molecule has 0 spiro atoms. The lowest BCUT2D eigenvalue weighted by Gasteiger charge is -2.13. The van der Waals surface area contributed by atoms with E-state index in [0.717, 1.165) is 54.8 Å². The van der Waals surface area contributed by atoms with Gasteiger partial charge in [-0.05, 0) is 44.2 Å². The molecule has 170 valence electrons. The molecule has 2 aromatic heterocycles. The van der Waals surface area contributed by atoms with Crippen LogP contribution in [0.1, 0.15) is 52.5 Å². The van der Waals surface area contributed by atoms with Crippen LogP contribution < -0.4 is 10.1 Å². The van der Waals surface area contributed by atoms with E-state index in [1.165, 1.54) is 24.3 Å². The number of halogens is 3. The first-order valence-electron chi connectivity index (χ1n) is 9.90. The van der Waals surface area contributed by atoms with Gasteiger partial charge in [-0.25, -0.2) is 9.78 Å². The molecule has 7 nitrogen and oxygen atoms in total. The van der Waals surface area contributed by atoms with Crippen LogP contribution >= 0.6 is 11.3 Å². The van der Waals surface area contributed by atoms with Crippen LogP contribution in [-0.2, 0) is 22.4 Å². The van der Waals surface area contributed by atoms with Crippen LogP contribution in [0, 0.1) is 11.3 Å². The zero-order valence-corrected chi connectivity index (χ0v) is 17.9. The average Bonchev–Trinajstić information content (AvgIpc) is 2.90. The summed E-state index contributed by atoms with van der Waals surface area (Å²) in [7, 11) is 0. The number of alkyl halides is 3. The summed E-state index contributed by atoms with van der Waals surface area (Å²) >= 11 is 1.37. The summed E-state index contributed by atoms with van der Waals surface area (Å²) in [4.78, 5) is 29.5. The van der Waals surface area contributed by atoms with E-state index in [0.29, 0.717) is 10.6 Å². The first-order valence-corrected chi connectivity index (χ1v) is 10.7. The number of carbonyl (C=O) groups is 2. The number of ether oxygens (including phenoxy) is 2. The third-order valence-electron chi connectivity index (χ3n) is 4.78. The predicted molar refractivity (Wildman–Crippen MR) is 110 cm³/mol. The molecular weight excluding hydrogens is 447 g/mol. The molecule has 32 heavy (non-hydrogen) atoms. The second-order valence-corrected chi connectivity index (χ2v) is 8.31. The van der Waals surface area contributed by atoms with Gasteiger partial charge in [-0.1, -0.05) is 6.42 Å². The molecule has 1 aliphatic carbocycles. The molecule has 0 aromatic carbocycles. The van der Waals surface area contributed by atoms with Crippen molar-refractivity contribution < 1.29 is 32.2 Å². The lowest BCUT2D eigenvalue weighted by Crippen LogP contribution is -2.30. The monoisotopic (exact) mass is 467 g/mol. The van der Waals surface area contributed by atoms with Gasteiger partial charge in [0, 0.05) is 17.1 Å². The molecule has 2 heterocycles. The number of aromatic nitrogens is 1. The van der Waals surface area contributed by atoms with Crippen molar-refractivity contribution in [2.24, 2.45) is 0 Å². The van der Waals surface area contributed by atoms with Crippen molar-refractivity contribution in [3.8, 4) is 11.9 Å². The highest BCUT2D eigenvalue weighted by Gasteiger charge is 2.29. The van der Waals surface area contributed by atoms with E-state index >= 15 is 0 Å². The Morgan fingerprint density at radius 2 is 2.03 bits per heavy atom. The Kier molecular flexibility index (Phi) is 7.35. The van der Waals surface area contributed by atoms with Crippen LogP contribution in [0.2, 0.25) is 0 Å². The van der Waals surface area contributed by atoms with E-state index in [4.69, 9.17) is 4.74 Å². The summed E-state index contributed by atoms with van der Waals surface area (Å²) in [6.45, 7) is -0.121. The van der Waals surface area contributed by atoms with Gasteiger partial charge in [0.1, 0.15) is 11.1 Å². The van der Waals surface area contributed by atoms with Crippen molar-refractivity contribution in [3.05, 3.63) is 39.9 Å². The van der Waals surface area contributed by atoms with E-state index in [9.17, 15) is 28.0 Å². The SMILES string of the molecule is CC(OC(=O)c1ccc(OCC(F)(F)F)nc1)C(=O)Nc1sc2c(c1C#N)CCCCC2. The van der Waals surface area contributed by atoms with Gasteiger partial charge in [0.25, 0.3) is 5.91 Å². The van der Waals surface area contributed by atoms with E-state index in [1.54, 1.807) is 0 Å². The number of nitrogens with one attached hydrogen (secondary N) is 1. The first-order chi connectivity index (χ1) is 15.2. The molecule has 1 amide bonds. The number of carbonyl (C=O) groups excluding carboxylic acids is 2. The van der Waals surface area contributed by atoms with Crippen molar-refractivity contribution in [2.45, 2.75) is 51.3 Å². The fraction of sp³-hybridized carbons (Fsp3) is 0.429. The molecule has 11 heteroatoms. The van der Waals surface area contributed by atoms with Crippen molar-refractivity contribution in [1.82, 2.24) is 4.98 Å². The maximum Gasteiger partial charge on any atom is 0.422 e. The average molecular weight is 467 g/mol. The summed E-state index contributed by atoms with van der Waals surface area (Å²) in [6, 6.07) is 4.46. The Hall–Kier alpha value is -3.13. The molecule has 0 saturated carbocycles. The molecule has 2 aromatic rings. The topological polar surface area (TPSA) is 101 Å². The summed E-state index contributed by atoms with van der Waals surface area (Å²) in [6.07, 6.45) is 0.122. The van der Waals surface area contributed by atoms with Gasteiger partial charge in [-0.2, -0.15) is 18.4 Å². The van der Waals surface area contributed by atoms with Gasteiger partial charge in [0.05, 0.1) is 11.1 Å². The van der Waals surface area contributed by atoms with E-state index in [1.807, 2.05) is 0 Å². The number of thiophene rings is 1. The highest BCUT2D eigenvalue weighted by atomic mass is 32.1. The smallest absolute Gasteiger partial charge is 0.422 e. The molecule has 3 rings (SSSR count). The van der Waals surface area contributed by atoms with Crippen molar-refractivity contribution in [3.63, 3.8) is 0 Å². The van der Waals surface area contributed by atoms with Gasteiger partial charge in [0.15, 0.2) is 12.7 Å². The summed E-state index contributed by atoms with van der Waals surface area (Å²) in [5, 5.41) is 12.7. The molecule has 0 radical (unpaired) electrons. The number of aryl methyl sites for hydroxylation is 1. The highest BCUT2D eigenvalue weighted by molar-refractivity contribution is 7.16. The minimum absolute atomic E-state index is 0.0513.